The molecule has 0 N–H and O–H groups in total. The Morgan fingerprint density at radius 3 is 2.78 bits per heavy atom. The number of likely N-dealkylation sites (tertiary alicyclic amines) is 1. The Morgan fingerprint density at radius 2 is 2.13 bits per heavy atom. The van der Waals surface area contributed by atoms with Gasteiger partial charge in [0.05, 0.1) is 10.5 Å². The molecule has 1 fully saturated rings. The molecule has 0 aliphatic carbocycles. The molecule has 23 heavy (non-hydrogen) atoms. The van der Waals surface area contributed by atoms with Gasteiger partial charge in [-0.15, -0.1) is 0 Å². The number of rotatable bonds is 4. The highest BCUT2D eigenvalue weighted by atomic mass is 19.1. The molecule has 2 rings (SSSR count). The van der Waals surface area contributed by atoms with Crippen molar-refractivity contribution in [2.45, 2.75) is 46.0 Å². The highest BCUT2D eigenvalue weighted by Gasteiger charge is 2.25. The smallest absolute Gasteiger partial charge is 0.276 e. The van der Waals surface area contributed by atoms with Gasteiger partial charge in [-0.2, -0.15) is 0 Å². The lowest BCUT2D eigenvalue weighted by Crippen LogP contribution is -2.32. The van der Waals surface area contributed by atoms with E-state index in [4.69, 9.17) is 0 Å². The number of nitrogens with zero attached hydrogens (tertiary/aromatic N) is 2. The van der Waals surface area contributed by atoms with Crippen molar-refractivity contribution < 1.29 is 14.1 Å². The Balaban J connectivity index is 2.18. The van der Waals surface area contributed by atoms with E-state index in [0.717, 1.165) is 38.2 Å². The van der Waals surface area contributed by atoms with E-state index in [0.29, 0.717) is 19.0 Å². The summed E-state index contributed by atoms with van der Waals surface area (Å²) in [5.74, 6) is -0.396. The van der Waals surface area contributed by atoms with Crippen molar-refractivity contribution in [2.75, 3.05) is 13.1 Å². The summed E-state index contributed by atoms with van der Waals surface area (Å²) in [6.45, 7) is 4.76. The number of nitro benzene ring substituents is 1. The molecule has 1 heterocycles. The zero-order chi connectivity index (χ0) is 17.0. The van der Waals surface area contributed by atoms with Gasteiger partial charge in [-0.1, -0.05) is 19.8 Å². The second-order valence-corrected chi connectivity index (χ2v) is 6.24. The molecule has 1 atom stereocenters. The van der Waals surface area contributed by atoms with Crippen LogP contribution in [-0.4, -0.2) is 28.8 Å². The molecule has 1 aliphatic heterocycles. The number of carbonyl (C=O) groups is 1. The second-order valence-electron chi connectivity index (χ2n) is 6.24. The zero-order valence-corrected chi connectivity index (χ0v) is 13.7. The van der Waals surface area contributed by atoms with Gasteiger partial charge < -0.3 is 4.90 Å². The normalized spacial score (nSPS) is 18.6. The van der Waals surface area contributed by atoms with E-state index in [9.17, 15) is 19.3 Å². The third-order valence-electron chi connectivity index (χ3n) is 4.59. The van der Waals surface area contributed by atoms with Crippen molar-refractivity contribution in [1.82, 2.24) is 4.90 Å². The molecule has 1 aromatic rings. The number of nitro groups is 1. The first-order valence-corrected chi connectivity index (χ1v) is 8.17. The van der Waals surface area contributed by atoms with Crippen LogP contribution in [0.4, 0.5) is 10.1 Å². The van der Waals surface area contributed by atoms with Gasteiger partial charge >= 0.3 is 0 Å². The quantitative estimate of drug-likeness (QED) is 0.619. The molecule has 126 valence electrons. The average molecular weight is 322 g/mol. The fourth-order valence-electron chi connectivity index (χ4n) is 3.23. The number of hydrogen-bond donors (Lipinski definition) is 0. The van der Waals surface area contributed by atoms with Crippen molar-refractivity contribution >= 4 is 11.6 Å². The fraction of sp³-hybridized carbons (Fsp3) is 0.588. The summed E-state index contributed by atoms with van der Waals surface area (Å²) >= 11 is 0. The maximum atomic E-state index is 13.9. The van der Waals surface area contributed by atoms with Crippen LogP contribution in [0.2, 0.25) is 0 Å². The SMILES string of the molecule is CCCC1CCCN(C(=O)c2cc(F)c(C)c([N+](=O)[O-])c2)CC1. The molecule has 1 aromatic carbocycles. The number of carbonyl (C=O) groups excluding carboxylic acids is 1. The van der Waals surface area contributed by atoms with Gasteiger partial charge in [0, 0.05) is 24.7 Å². The van der Waals surface area contributed by atoms with Crippen molar-refractivity contribution in [2.24, 2.45) is 5.92 Å². The van der Waals surface area contributed by atoms with Crippen LogP contribution >= 0.6 is 0 Å². The second kappa shape index (κ2) is 7.53. The van der Waals surface area contributed by atoms with E-state index in [1.54, 1.807) is 4.90 Å². The molecule has 6 heteroatoms. The average Bonchev–Trinajstić information content (AvgIpc) is 2.75. The van der Waals surface area contributed by atoms with Crippen LogP contribution in [-0.2, 0) is 0 Å². The topological polar surface area (TPSA) is 63.5 Å². The largest absolute Gasteiger partial charge is 0.339 e. The van der Waals surface area contributed by atoms with Crippen molar-refractivity contribution in [3.8, 4) is 0 Å². The van der Waals surface area contributed by atoms with Crippen LogP contribution < -0.4 is 0 Å². The number of amides is 1. The lowest BCUT2D eigenvalue weighted by Gasteiger charge is -2.21. The minimum atomic E-state index is -0.707. The van der Waals surface area contributed by atoms with Gasteiger partial charge in [0.2, 0.25) is 0 Å². The Morgan fingerprint density at radius 1 is 1.39 bits per heavy atom. The van der Waals surface area contributed by atoms with Gasteiger partial charge in [0.15, 0.2) is 0 Å². The van der Waals surface area contributed by atoms with Crippen LogP contribution in [0, 0.1) is 28.8 Å². The molecule has 1 aliphatic rings. The van der Waals surface area contributed by atoms with Crippen molar-refractivity contribution in [1.29, 1.82) is 0 Å². The Labute approximate surface area is 135 Å². The predicted molar refractivity (Wildman–Crippen MR) is 85.9 cm³/mol. The van der Waals surface area contributed by atoms with Crippen LogP contribution in [0.5, 0.6) is 0 Å². The first kappa shape index (κ1) is 17.4. The summed E-state index contributed by atoms with van der Waals surface area (Å²) in [6, 6.07) is 2.30. The summed E-state index contributed by atoms with van der Waals surface area (Å²) in [7, 11) is 0. The number of benzene rings is 1. The molecule has 0 bridgehead atoms. The van der Waals surface area contributed by atoms with E-state index >= 15 is 0 Å². The molecule has 1 saturated heterocycles. The predicted octanol–water partition coefficient (Wildman–Crippen LogP) is 4.08. The van der Waals surface area contributed by atoms with Crippen molar-refractivity contribution in [3.63, 3.8) is 0 Å². The summed E-state index contributed by atoms with van der Waals surface area (Å²) in [5.41, 5.74) is -0.314. The Kier molecular flexibility index (Phi) is 5.69. The van der Waals surface area contributed by atoms with Crippen LogP contribution in [0.15, 0.2) is 12.1 Å². The molecule has 1 amide bonds. The summed E-state index contributed by atoms with van der Waals surface area (Å²) < 4.78 is 13.9. The molecular formula is C17H23FN2O3. The molecular weight excluding hydrogens is 299 g/mol. The maximum absolute atomic E-state index is 13.9. The number of hydrogen-bond acceptors (Lipinski definition) is 3. The van der Waals surface area contributed by atoms with E-state index in [1.165, 1.54) is 13.0 Å². The molecule has 0 saturated carbocycles. The molecule has 0 spiro atoms. The van der Waals surface area contributed by atoms with Crippen LogP contribution in [0.25, 0.3) is 0 Å². The zero-order valence-electron chi connectivity index (χ0n) is 13.7. The van der Waals surface area contributed by atoms with Crippen LogP contribution in [0.1, 0.15) is 54.9 Å². The molecule has 5 nitrogen and oxygen atoms in total. The van der Waals surface area contributed by atoms with E-state index in [-0.39, 0.29) is 22.7 Å². The molecule has 1 unspecified atom stereocenters. The minimum absolute atomic E-state index is 0.0366. The lowest BCUT2D eigenvalue weighted by molar-refractivity contribution is -0.385. The fourth-order valence-corrected chi connectivity index (χ4v) is 3.23. The first-order valence-electron chi connectivity index (χ1n) is 8.17. The molecule has 0 aromatic heterocycles. The van der Waals surface area contributed by atoms with E-state index in [2.05, 4.69) is 6.92 Å². The highest BCUT2D eigenvalue weighted by molar-refractivity contribution is 5.95. The van der Waals surface area contributed by atoms with Gasteiger partial charge in [-0.25, -0.2) is 4.39 Å². The maximum Gasteiger partial charge on any atom is 0.276 e. The molecule has 0 radical (unpaired) electrons. The van der Waals surface area contributed by atoms with Crippen LogP contribution in [0.3, 0.4) is 0 Å². The van der Waals surface area contributed by atoms with Crippen molar-refractivity contribution in [3.05, 3.63) is 39.2 Å². The lowest BCUT2D eigenvalue weighted by atomic mass is 9.96. The van der Waals surface area contributed by atoms with Gasteiger partial charge in [0.1, 0.15) is 5.82 Å². The minimum Gasteiger partial charge on any atom is -0.339 e. The van der Waals surface area contributed by atoms with Gasteiger partial charge in [-0.05, 0) is 38.2 Å². The summed E-state index contributed by atoms with van der Waals surface area (Å²) in [6.07, 6.45) is 5.25. The Bertz CT molecular complexity index is 604. The summed E-state index contributed by atoms with van der Waals surface area (Å²) in [5, 5.41) is 11.0. The van der Waals surface area contributed by atoms with E-state index in [1.807, 2.05) is 0 Å². The van der Waals surface area contributed by atoms with Gasteiger partial charge in [0.25, 0.3) is 11.6 Å². The Hall–Kier alpha value is -1.98. The van der Waals surface area contributed by atoms with Gasteiger partial charge in [-0.3, -0.25) is 14.9 Å². The summed E-state index contributed by atoms with van der Waals surface area (Å²) in [4.78, 5) is 24.7. The third kappa shape index (κ3) is 4.06. The monoisotopic (exact) mass is 322 g/mol. The first-order chi connectivity index (χ1) is 10.9. The number of halogens is 1. The van der Waals surface area contributed by atoms with E-state index < -0.39 is 10.7 Å². The third-order valence-corrected chi connectivity index (χ3v) is 4.59. The highest BCUT2D eigenvalue weighted by Crippen LogP contribution is 2.26. The standard InChI is InChI=1S/C17H23FN2O3/c1-3-5-13-6-4-8-19(9-7-13)17(21)14-10-15(18)12(2)16(11-14)20(22)23/h10-11,13H,3-9H2,1-2H3.